The molecule has 0 N–H and O–H groups in total. The molecule has 0 spiro atoms. The van der Waals surface area contributed by atoms with Crippen LogP contribution in [0.25, 0.3) is 6.08 Å². The normalized spacial score (nSPS) is 19.2. The zero-order chi connectivity index (χ0) is 18.3. The number of methoxy groups -OCH3 is 1. The summed E-state index contributed by atoms with van der Waals surface area (Å²) in [4.78, 5) is 14.2. The van der Waals surface area contributed by atoms with Gasteiger partial charge in [-0.05, 0) is 37.1 Å². The minimum absolute atomic E-state index is 0.0271. The zero-order valence-electron chi connectivity index (χ0n) is 14.7. The lowest BCUT2D eigenvalue weighted by Gasteiger charge is -2.26. The average Bonchev–Trinajstić information content (AvgIpc) is 2.94. The number of carbonyl (C=O) groups is 1. The number of sulfone groups is 1. The number of hydrogen-bond acceptors (Lipinski definition) is 5. The number of hydrogen-bond donors (Lipinski definition) is 0. The van der Waals surface area contributed by atoms with E-state index in [1.54, 1.807) is 18.1 Å². The molecule has 1 amide bonds. The van der Waals surface area contributed by atoms with E-state index in [9.17, 15) is 13.2 Å². The van der Waals surface area contributed by atoms with Crippen LogP contribution >= 0.6 is 0 Å². The molecule has 1 heterocycles. The van der Waals surface area contributed by atoms with E-state index in [4.69, 9.17) is 9.47 Å². The largest absolute Gasteiger partial charge is 0.494 e. The fourth-order valence-electron chi connectivity index (χ4n) is 2.79. The summed E-state index contributed by atoms with van der Waals surface area (Å²) in [6.45, 7) is 3.28. The van der Waals surface area contributed by atoms with Gasteiger partial charge in [-0.15, -0.1) is 0 Å². The third-order valence-corrected chi connectivity index (χ3v) is 5.83. The second-order valence-electron chi connectivity index (χ2n) is 5.92. The molecule has 0 aliphatic carbocycles. The Morgan fingerprint density at radius 1 is 1.32 bits per heavy atom. The first-order valence-electron chi connectivity index (χ1n) is 8.36. The van der Waals surface area contributed by atoms with E-state index in [0.717, 1.165) is 11.3 Å². The van der Waals surface area contributed by atoms with E-state index in [-0.39, 0.29) is 23.5 Å². The van der Waals surface area contributed by atoms with Gasteiger partial charge in [-0.3, -0.25) is 4.79 Å². The molecule has 1 saturated heterocycles. The number of amides is 1. The highest BCUT2D eigenvalue weighted by Gasteiger charge is 2.33. The van der Waals surface area contributed by atoms with E-state index in [1.807, 2.05) is 31.2 Å². The van der Waals surface area contributed by atoms with Crippen molar-refractivity contribution in [2.45, 2.75) is 19.4 Å². The summed E-state index contributed by atoms with van der Waals surface area (Å²) in [5.41, 5.74) is 0.877. The Balaban J connectivity index is 2.05. The van der Waals surface area contributed by atoms with Crippen LogP contribution in [0.5, 0.6) is 5.75 Å². The lowest BCUT2D eigenvalue weighted by Crippen LogP contribution is -2.42. The van der Waals surface area contributed by atoms with Gasteiger partial charge in [-0.25, -0.2) is 8.42 Å². The minimum Gasteiger partial charge on any atom is -0.494 e. The highest BCUT2D eigenvalue weighted by atomic mass is 32.2. The standard InChI is InChI=1S/C18H25NO5S/c1-3-24-17-7-4-15(5-8-17)6-9-18(20)19(11-12-23-2)16-10-13-25(21,22)14-16/h4-9,16H,3,10-14H2,1-2H3. The van der Waals surface area contributed by atoms with Crippen LogP contribution in [-0.2, 0) is 19.4 Å². The van der Waals surface area contributed by atoms with Gasteiger partial charge < -0.3 is 14.4 Å². The van der Waals surface area contributed by atoms with Gasteiger partial charge in [0.2, 0.25) is 5.91 Å². The fraction of sp³-hybridized carbons (Fsp3) is 0.500. The van der Waals surface area contributed by atoms with E-state index >= 15 is 0 Å². The Kier molecular flexibility index (Phi) is 7.01. The van der Waals surface area contributed by atoms with Crippen LogP contribution in [-0.4, -0.2) is 63.6 Å². The summed E-state index contributed by atoms with van der Waals surface area (Å²) in [6.07, 6.45) is 3.69. The average molecular weight is 367 g/mol. The highest BCUT2D eigenvalue weighted by molar-refractivity contribution is 7.91. The Labute approximate surface area is 149 Å². The lowest BCUT2D eigenvalue weighted by atomic mass is 10.2. The number of ether oxygens (including phenoxy) is 2. The smallest absolute Gasteiger partial charge is 0.246 e. The Morgan fingerprint density at radius 2 is 2.04 bits per heavy atom. The molecule has 1 unspecified atom stereocenters. The first kappa shape index (κ1) is 19.5. The molecular weight excluding hydrogens is 342 g/mol. The number of carbonyl (C=O) groups excluding carboxylic acids is 1. The summed E-state index contributed by atoms with van der Waals surface area (Å²) < 4.78 is 33.9. The van der Waals surface area contributed by atoms with Crippen molar-refractivity contribution in [1.82, 2.24) is 4.90 Å². The topological polar surface area (TPSA) is 72.9 Å². The summed E-state index contributed by atoms with van der Waals surface area (Å²) in [6, 6.07) is 7.15. The van der Waals surface area contributed by atoms with Gasteiger partial charge in [-0.1, -0.05) is 12.1 Å². The summed E-state index contributed by atoms with van der Waals surface area (Å²) >= 11 is 0. The number of benzene rings is 1. The number of nitrogens with zero attached hydrogens (tertiary/aromatic N) is 1. The van der Waals surface area contributed by atoms with Crippen LogP contribution in [0.1, 0.15) is 18.9 Å². The molecule has 1 aromatic carbocycles. The quantitative estimate of drug-likeness (QED) is 0.655. The van der Waals surface area contributed by atoms with Crippen LogP contribution in [0.15, 0.2) is 30.3 Å². The second kappa shape index (κ2) is 9.01. The van der Waals surface area contributed by atoms with Crippen molar-refractivity contribution in [2.24, 2.45) is 0 Å². The maximum atomic E-state index is 12.6. The molecule has 0 bridgehead atoms. The van der Waals surface area contributed by atoms with Crippen LogP contribution < -0.4 is 4.74 Å². The number of rotatable bonds is 8. The molecule has 1 aliphatic rings. The first-order chi connectivity index (χ1) is 11.9. The molecule has 1 aromatic rings. The predicted octanol–water partition coefficient (Wildman–Crippen LogP) is 1.76. The molecule has 0 saturated carbocycles. The van der Waals surface area contributed by atoms with Crippen molar-refractivity contribution >= 4 is 21.8 Å². The van der Waals surface area contributed by atoms with Crippen molar-refractivity contribution < 1.29 is 22.7 Å². The maximum absolute atomic E-state index is 12.6. The van der Waals surface area contributed by atoms with Gasteiger partial charge in [0.25, 0.3) is 0 Å². The molecule has 1 fully saturated rings. The minimum atomic E-state index is -3.05. The van der Waals surface area contributed by atoms with Crippen molar-refractivity contribution in [3.8, 4) is 5.75 Å². The molecule has 138 valence electrons. The SMILES string of the molecule is CCOc1ccc(C=CC(=O)N(CCOC)C2CCS(=O)(=O)C2)cc1. The second-order valence-corrected chi connectivity index (χ2v) is 8.15. The first-order valence-corrected chi connectivity index (χ1v) is 10.2. The maximum Gasteiger partial charge on any atom is 0.246 e. The van der Waals surface area contributed by atoms with Crippen LogP contribution in [0, 0.1) is 0 Å². The zero-order valence-corrected chi connectivity index (χ0v) is 15.5. The monoisotopic (exact) mass is 367 g/mol. The molecule has 6 nitrogen and oxygen atoms in total. The van der Waals surface area contributed by atoms with Gasteiger partial charge in [0.1, 0.15) is 5.75 Å². The third kappa shape index (κ3) is 5.86. The van der Waals surface area contributed by atoms with Crippen LogP contribution in [0.4, 0.5) is 0 Å². The van der Waals surface area contributed by atoms with Crippen molar-refractivity contribution in [3.05, 3.63) is 35.9 Å². The van der Waals surface area contributed by atoms with Gasteiger partial charge in [0, 0.05) is 25.8 Å². The third-order valence-electron chi connectivity index (χ3n) is 4.08. The van der Waals surface area contributed by atoms with E-state index in [0.29, 0.717) is 26.2 Å². The van der Waals surface area contributed by atoms with E-state index < -0.39 is 9.84 Å². The molecular formula is C18H25NO5S. The molecule has 25 heavy (non-hydrogen) atoms. The molecule has 2 rings (SSSR count). The van der Waals surface area contributed by atoms with Crippen molar-refractivity contribution in [2.75, 3.05) is 38.4 Å². The molecule has 1 atom stereocenters. The van der Waals surface area contributed by atoms with Gasteiger partial charge in [0.15, 0.2) is 9.84 Å². The molecule has 7 heteroatoms. The predicted molar refractivity (Wildman–Crippen MR) is 97.3 cm³/mol. The van der Waals surface area contributed by atoms with E-state index in [2.05, 4.69) is 0 Å². The van der Waals surface area contributed by atoms with Crippen LogP contribution in [0.3, 0.4) is 0 Å². The summed E-state index contributed by atoms with van der Waals surface area (Å²) in [5, 5.41) is 0. The lowest BCUT2D eigenvalue weighted by molar-refractivity contribution is -0.128. The van der Waals surface area contributed by atoms with Crippen LogP contribution in [0.2, 0.25) is 0 Å². The fourth-order valence-corrected chi connectivity index (χ4v) is 4.52. The summed E-state index contributed by atoms with van der Waals surface area (Å²) in [5.74, 6) is 0.744. The van der Waals surface area contributed by atoms with Gasteiger partial charge in [-0.2, -0.15) is 0 Å². The molecule has 0 radical (unpaired) electrons. The van der Waals surface area contributed by atoms with Gasteiger partial charge in [0.05, 0.1) is 24.7 Å². The summed E-state index contributed by atoms with van der Waals surface area (Å²) in [7, 11) is -1.49. The molecule has 1 aliphatic heterocycles. The Hall–Kier alpha value is -1.86. The van der Waals surface area contributed by atoms with E-state index in [1.165, 1.54) is 6.08 Å². The van der Waals surface area contributed by atoms with Crippen molar-refractivity contribution in [1.29, 1.82) is 0 Å². The Bertz CT molecular complexity index is 697. The Morgan fingerprint density at radius 3 is 2.60 bits per heavy atom. The molecule has 0 aromatic heterocycles. The highest BCUT2D eigenvalue weighted by Crippen LogP contribution is 2.19. The van der Waals surface area contributed by atoms with Gasteiger partial charge >= 0.3 is 0 Å². The van der Waals surface area contributed by atoms with Crippen molar-refractivity contribution in [3.63, 3.8) is 0 Å².